The van der Waals surface area contributed by atoms with E-state index in [1.807, 2.05) is 0 Å². The number of nitrogens with one attached hydrogen (secondary N) is 2. The van der Waals surface area contributed by atoms with Gasteiger partial charge in [-0.2, -0.15) is 0 Å². The molecule has 0 atom stereocenters. The minimum atomic E-state index is -3.63. The summed E-state index contributed by atoms with van der Waals surface area (Å²) in [6.45, 7) is 3.55. The number of hydrogen-bond donors (Lipinski definition) is 3. The van der Waals surface area contributed by atoms with E-state index in [2.05, 4.69) is 15.0 Å². The molecule has 0 aliphatic rings. The summed E-state index contributed by atoms with van der Waals surface area (Å²) in [5.41, 5.74) is 7.34. The van der Waals surface area contributed by atoms with E-state index in [-0.39, 0.29) is 17.3 Å². The maximum Gasteiger partial charge on any atom is 0.241 e. The number of nitrogens with two attached hydrogens (primary N) is 1. The van der Waals surface area contributed by atoms with Crippen molar-refractivity contribution in [1.29, 1.82) is 0 Å². The van der Waals surface area contributed by atoms with Crippen molar-refractivity contribution in [3.63, 3.8) is 0 Å². The molecule has 9 heteroatoms. The SMILES string of the molecule is CC(=O)NCc1nc(CNS(=O)(=O)c2ccc(N)cc2C)cs1. The first-order valence-corrected chi connectivity index (χ1v) is 9.18. The van der Waals surface area contributed by atoms with Crippen LogP contribution in [0.15, 0.2) is 28.5 Å². The first-order chi connectivity index (χ1) is 10.8. The Balaban J connectivity index is 2.03. The average molecular weight is 354 g/mol. The van der Waals surface area contributed by atoms with E-state index in [4.69, 9.17) is 5.73 Å². The second-order valence-corrected chi connectivity index (χ2v) is 7.67. The number of benzene rings is 1. The van der Waals surface area contributed by atoms with Gasteiger partial charge in [0.05, 0.1) is 23.7 Å². The third kappa shape index (κ3) is 4.75. The van der Waals surface area contributed by atoms with Gasteiger partial charge in [-0.15, -0.1) is 11.3 Å². The molecule has 1 aromatic heterocycles. The molecule has 0 fully saturated rings. The topological polar surface area (TPSA) is 114 Å². The molecule has 0 aliphatic heterocycles. The molecule has 0 aliphatic carbocycles. The number of rotatable bonds is 6. The summed E-state index contributed by atoms with van der Waals surface area (Å²) in [5, 5.41) is 5.12. The van der Waals surface area contributed by atoms with E-state index in [0.717, 1.165) is 5.01 Å². The van der Waals surface area contributed by atoms with Gasteiger partial charge in [-0.1, -0.05) is 0 Å². The number of carbonyl (C=O) groups excluding carboxylic acids is 1. The lowest BCUT2D eigenvalue weighted by atomic mass is 10.2. The summed E-state index contributed by atoms with van der Waals surface area (Å²) in [5.74, 6) is -0.138. The van der Waals surface area contributed by atoms with Crippen molar-refractivity contribution in [2.45, 2.75) is 31.8 Å². The lowest BCUT2D eigenvalue weighted by molar-refractivity contribution is -0.119. The molecule has 1 amide bonds. The van der Waals surface area contributed by atoms with Gasteiger partial charge in [0.1, 0.15) is 5.01 Å². The number of thiazole rings is 1. The number of hydrogen-bond acceptors (Lipinski definition) is 6. The van der Waals surface area contributed by atoms with Gasteiger partial charge in [-0.3, -0.25) is 4.79 Å². The fraction of sp³-hybridized carbons (Fsp3) is 0.286. The number of aromatic nitrogens is 1. The Labute approximate surface area is 139 Å². The first-order valence-electron chi connectivity index (χ1n) is 6.81. The number of carbonyl (C=O) groups is 1. The normalized spacial score (nSPS) is 11.4. The molecule has 0 unspecified atom stereocenters. The van der Waals surface area contributed by atoms with Crippen molar-refractivity contribution < 1.29 is 13.2 Å². The zero-order chi connectivity index (χ0) is 17.0. The van der Waals surface area contributed by atoms with Crippen molar-refractivity contribution in [1.82, 2.24) is 15.0 Å². The molecule has 0 radical (unpaired) electrons. The van der Waals surface area contributed by atoms with Crippen LogP contribution < -0.4 is 15.8 Å². The highest BCUT2D eigenvalue weighted by atomic mass is 32.2. The van der Waals surface area contributed by atoms with Gasteiger partial charge in [-0.05, 0) is 30.7 Å². The van der Waals surface area contributed by atoms with Gasteiger partial charge in [0.25, 0.3) is 0 Å². The third-order valence-electron chi connectivity index (χ3n) is 3.02. The Morgan fingerprint density at radius 3 is 2.74 bits per heavy atom. The van der Waals surface area contributed by atoms with E-state index in [1.165, 1.54) is 24.3 Å². The number of nitrogen functional groups attached to an aromatic ring is 1. The number of sulfonamides is 1. The van der Waals surface area contributed by atoms with Gasteiger partial charge in [0.15, 0.2) is 0 Å². The Hall–Kier alpha value is -1.97. The van der Waals surface area contributed by atoms with E-state index in [0.29, 0.717) is 23.5 Å². The molecule has 1 aromatic carbocycles. The van der Waals surface area contributed by atoms with Crippen LogP contribution >= 0.6 is 11.3 Å². The fourth-order valence-corrected chi connectivity index (χ4v) is 3.89. The molecule has 2 rings (SSSR count). The smallest absolute Gasteiger partial charge is 0.241 e. The molecule has 2 aromatic rings. The lowest BCUT2D eigenvalue weighted by Crippen LogP contribution is -2.24. The Kier molecular flexibility index (Phi) is 5.34. The second kappa shape index (κ2) is 7.07. The van der Waals surface area contributed by atoms with Crippen LogP contribution in [0.5, 0.6) is 0 Å². The van der Waals surface area contributed by atoms with Gasteiger partial charge < -0.3 is 11.1 Å². The average Bonchev–Trinajstić information content (AvgIpc) is 2.90. The third-order valence-corrected chi connectivity index (χ3v) is 5.48. The van der Waals surface area contributed by atoms with Crippen LogP contribution in [0.3, 0.4) is 0 Å². The first kappa shape index (κ1) is 17.4. The van der Waals surface area contributed by atoms with Crippen molar-refractivity contribution in [2.75, 3.05) is 5.73 Å². The second-order valence-electron chi connectivity index (χ2n) is 4.99. The van der Waals surface area contributed by atoms with Gasteiger partial charge in [-0.25, -0.2) is 18.1 Å². The van der Waals surface area contributed by atoms with Crippen LogP contribution in [0.2, 0.25) is 0 Å². The molecule has 0 spiro atoms. The van der Waals surface area contributed by atoms with Crippen LogP contribution in [0, 0.1) is 6.92 Å². The van der Waals surface area contributed by atoms with Crippen LogP contribution in [0.1, 0.15) is 23.2 Å². The van der Waals surface area contributed by atoms with Crippen molar-refractivity contribution >= 4 is 33.0 Å². The predicted octanol–water partition coefficient (Wildman–Crippen LogP) is 1.15. The molecular weight excluding hydrogens is 336 g/mol. The molecule has 0 saturated carbocycles. The number of nitrogens with zero attached hydrogens (tertiary/aromatic N) is 1. The highest BCUT2D eigenvalue weighted by molar-refractivity contribution is 7.89. The van der Waals surface area contributed by atoms with Crippen LogP contribution in [-0.2, 0) is 27.9 Å². The molecule has 1 heterocycles. The molecular formula is C14H18N4O3S2. The molecule has 0 saturated heterocycles. The van der Waals surface area contributed by atoms with E-state index in [1.54, 1.807) is 24.4 Å². The maximum absolute atomic E-state index is 12.3. The van der Waals surface area contributed by atoms with Crippen LogP contribution in [0.4, 0.5) is 5.69 Å². The maximum atomic E-state index is 12.3. The number of aryl methyl sites for hydroxylation is 1. The van der Waals surface area contributed by atoms with Crippen LogP contribution in [0.25, 0.3) is 0 Å². The standard InChI is InChI=1S/C14H18N4O3S2/c1-9-5-11(15)3-4-13(9)23(20,21)17-6-12-8-22-14(18-12)7-16-10(2)19/h3-5,8,17H,6-7,15H2,1-2H3,(H,16,19). The molecule has 7 nitrogen and oxygen atoms in total. The van der Waals surface area contributed by atoms with Crippen molar-refractivity contribution in [2.24, 2.45) is 0 Å². The highest BCUT2D eigenvalue weighted by Crippen LogP contribution is 2.18. The van der Waals surface area contributed by atoms with Crippen LogP contribution in [-0.4, -0.2) is 19.3 Å². The van der Waals surface area contributed by atoms with E-state index < -0.39 is 10.0 Å². The summed E-state index contributed by atoms with van der Waals surface area (Å²) >= 11 is 1.37. The van der Waals surface area contributed by atoms with E-state index >= 15 is 0 Å². The molecule has 23 heavy (non-hydrogen) atoms. The summed E-state index contributed by atoms with van der Waals surface area (Å²) in [4.78, 5) is 15.3. The van der Waals surface area contributed by atoms with Crippen molar-refractivity contribution in [3.05, 3.63) is 39.8 Å². The van der Waals surface area contributed by atoms with Gasteiger partial charge >= 0.3 is 0 Å². The summed E-state index contributed by atoms with van der Waals surface area (Å²) in [7, 11) is -3.63. The quantitative estimate of drug-likeness (QED) is 0.673. The largest absolute Gasteiger partial charge is 0.399 e. The Morgan fingerprint density at radius 2 is 2.09 bits per heavy atom. The summed E-state index contributed by atoms with van der Waals surface area (Å²) in [6.07, 6.45) is 0. The Morgan fingerprint density at radius 1 is 1.35 bits per heavy atom. The molecule has 124 valence electrons. The zero-order valence-corrected chi connectivity index (χ0v) is 14.4. The summed E-state index contributed by atoms with van der Waals surface area (Å²) in [6, 6.07) is 4.65. The Bertz CT molecular complexity index is 815. The van der Waals surface area contributed by atoms with Crippen molar-refractivity contribution in [3.8, 4) is 0 Å². The van der Waals surface area contributed by atoms with E-state index in [9.17, 15) is 13.2 Å². The number of anilines is 1. The molecule has 0 bridgehead atoms. The minimum Gasteiger partial charge on any atom is -0.399 e. The molecule has 4 N–H and O–H groups in total. The number of amides is 1. The zero-order valence-electron chi connectivity index (χ0n) is 12.8. The van der Waals surface area contributed by atoms with Gasteiger partial charge in [0, 0.05) is 18.0 Å². The monoisotopic (exact) mass is 354 g/mol. The minimum absolute atomic E-state index is 0.0860. The predicted molar refractivity (Wildman–Crippen MR) is 89.3 cm³/mol. The van der Waals surface area contributed by atoms with Gasteiger partial charge in [0.2, 0.25) is 15.9 Å². The summed E-state index contributed by atoms with van der Waals surface area (Å²) < 4.78 is 27.2. The lowest BCUT2D eigenvalue weighted by Gasteiger charge is -2.09. The fourth-order valence-electron chi connectivity index (χ4n) is 1.93. The highest BCUT2D eigenvalue weighted by Gasteiger charge is 2.17.